The van der Waals surface area contributed by atoms with E-state index in [0.717, 1.165) is 22.6 Å². The van der Waals surface area contributed by atoms with Crippen LogP contribution in [0.1, 0.15) is 5.56 Å². The Morgan fingerprint density at radius 3 is 2.70 bits per heavy atom. The van der Waals surface area contributed by atoms with Crippen molar-refractivity contribution in [2.45, 2.75) is 6.92 Å². The summed E-state index contributed by atoms with van der Waals surface area (Å²) in [6.07, 6.45) is 0. The number of methoxy groups -OCH3 is 1. The van der Waals surface area contributed by atoms with Crippen LogP contribution in [0.5, 0.6) is 5.75 Å². The molecule has 0 aliphatic heterocycles. The quantitative estimate of drug-likeness (QED) is 0.629. The molecule has 0 atom stereocenters. The van der Waals surface area contributed by atoms with Crippen LogP contribution in [-0.4, -0.2) is 18.5 Å². The maximum Gasteiger partial charge on any atom is 0.194 e. The van der Waals surface area contributed by atoms with Crippen molar-refractivity contribution in [1.82, 2.24) is 4.57 Å². The van der Waals surface area contributed by atoms with Gasteiger partial charge in [-0.2, -0.15) is 12.1 Å². The second-order valence-electron chi connectivity index (χ2n) is 4.25. The van der Waals surface area contributed by atoms with E-state index in [4.69, 9.17) is 9.47 Å². The van der Waals surface area contributed by atoms with Gasteiger partial charge in [-0.05, 0) is 12.1 Å². The second kappa shape index (κ2) is 7.72. The molecule has 103 valence electrons. The van der Waals surface area contributed by atoms with Crippen molar-refractivity contribution in [2.24, 2.45) is 7.05 Å². The Labute approximate surface area is 143 Å². The van der Waals surface area contributed by atoms with Crippen molar-refractivity contribution in [3.63, 3.8) is 0 Å². The number of ether oxygens (including phenoxy) is 2. The van der Waals surface area contributed by atoms with Crippen molar-refractivity contribution in [3.8, 4) is 17.0 Å². The molecule has 1 heterocycles. The average molecular weight is 347 g/mol. The van der Waals surface area contributed by atoms with Crippen LogP contribution in [-0.2, 0) is 44.5 Å². The number of rotatable bonds is 4. The van der Waals surface area contributed by atoms with Gasteiger partial charge in [0.15, 0.2) is 12.4 Å². The maximum absolute atomic E-state index is 11.6. The molecule has 0 aliphatic carbocycles. The molecule has 0 aliphatic rings. The summed E-state index contributed by atoms with van der Waals surface area (Å²) in [5.74, 6) is 0.740. The minimum absolute atomic E-state index is 0. The maximum atomic E-state index is 11.6. The van der Waals surface area contributed by atoms with Gasteiger partial charge in [-0.3, -0.25) is 4.79 Å². The van der Waals surface area contributed by atoms with Crippen LogP contribution in [0.25, 0.3) is 11.3 Å². The Balaban J connectivity index is 0.00000200. The monoisotopic (exact) mass is 347 g/mol. The average Bonchev–Trinajstić information content (AvgIpc) is 2.40. The Morgan fingerprint density at radius 1 is 1.30 bits per heavy atom. The molecule has 1 aromatic heterocycles. The molecule has 2 aromatic rings. The molecular formula is C15H16NO3Y-. The van der Waals surface area contributed by atoms with Crippen LogP contribution in [0.3, 0.4) is 0 Å². The van der Waals surface area contributed by atoms with Crippen LogP contribution < -0.4 is 10.3 Å². The van der Waals surface area contributed by atoms with Gasteiger partial charge in [0.2, 0.25) is 0 Å². The van der Waals surface area contributed by atoms with Gasteiger partial charge in [0.1, 0.15) is 5.75 Å². The predicted molar refractivity (Wildman–Crippen MR) is 73.2 cm³/mol. The number of hydrogen-bond acceptors (Lipinski definition) is 3. The summed E-state index contributed by atoms with van der Waals surface area (Å²) < 4.78 is 11.8. The summed E-state index contributed by atoms with van der Waals surface area (Å²) in [6, 6.07) is 11.9. The molecule has 0 bridgehead atoms. The number of hydrogen-bond donors (Lipinski definition) is 0. The first-order chi connectivity index (χ1) is 9.13. The Kier molecular flexibility index (Phi) is 6.60. The molecule has 1 radical (unpaired) electrons. The van der Waals surface area contributed by atoms with Gasteiger partial charge in [-0.25, -0.2) is 0 Å². The molecule has 1 aromatic carbocycles. The van der Waals surface area contributed by atoms with E-state index in [1.807, 2.05) is 25.1 Å². The number of pyridine rings is 1. The summed E-state index contributed by atoms with van der Waals surface area (Å²) in [4.78, 5) is 11.6. The van der Waals surface area contributed by atoms with E-state index < -0.39 is 0 Å². The summed E-state index contributed by atoms with van der Waals surface area (Å²) in [5, 5.41) is 0. The fourth-order valence-electron chi connectivity index (χ4n) is 1.89. The van der Waals surface area contributed by atoms with E-state index in [0.29, 0.717) is 0 Å². The number of nitrogens with zero attached hydrogens (tertiary/aromatic N) is 1. The molecule has 0 saturated carbocycles. The summed E-state index contributed by atoms with van der Waals surface area (Å²) >= 11 is 0. The van der Waals surface area contributed by atoms with E-state index in [-0.39, 0.29) is 45.1 Å². The molecule has 0 fully saturated rings. The van der Waals surface area contributed by atoms with Crippen LogP contribution >= 0.6 is 0 Å². The van der Waals surface area contributed by atoms with E-state index in [2.05, 4.69) is 6.07 Å². The minimum Gasteiger partial charge on any atom is -0.468 e. The van der Waals surface area contributed by atoms with Gasteiger partial charge in [0, 0.05) is 46.9 Å². The van der Waals surface area contributed by atoms with Crippen molar-refractivity contribution in [3.05, 3.63) is 52.3 Å². The van der Waals surface area contributed by atoms with Gasteiger partial charge < -0.3 is 14.0 Å². The molecule has 2 rings (SSSR count). The number of aromatic nitrogens is 1. The third kappa shape index (κ3) is 3.78. The van der Waals surface area contributed by atoms with Crippen molar-refractivity contribution >= 4 is 0 Å². The smallest absolute Gasteiger partial charge is 0.194 e. The van der Waals surface area contributed by atoms with E-state index >= 15 is 0 Å². The Hall–Kier alpha value is -0.966. The molecule has 0 saturated heterocycles. The number of benzene rings is 1. The second-order valence-corrected chi connectivity index (χ2v) is 4.25. The summed E-state index contributed by atoms with van der Waals surface area (Å²) in [6.45, 7) is 2.19. The fourth-order valence-corrected chi connectivity index (χ4v) is 1.89. The third-order valence-electron chi connectivity index (χ3n) is 2.91. The van der Waals surface area contributed by atoms with E-state index in [1.54, 1.807) is 24.8 Å². The molecular weight excluding hydrogens is 331 g/mol. The third-order valence-corrected chi connectivity index (χ3v) is 2.91. The van der Waals surface area contributed by atoms with Gasteiger partial charge in [-0.1, -0.05) is 29.8 Å². The van der Waals surface area contributed by atoms with Crippen LogP contribution in [0.2, 0.25) is 0 Å². The standard InChI is InChI=1S/C15H16NO3.Y/c1-11-9-12(19-10-18-3)7-8-13(11)14-5-4-6-15(17)16(14)2;/h4,6-9H,10H2,1-3H3;/q-1;. The molecule has 5 heteroatoms. The zero-order valence-corrected chi connectivity index (χ0v) is 14.7. The van der Waals surface area contributed by atoms with Gasteiger partial charge in [0.25, 0.3) is 0 Å². The first-order valence-corrected chi connectivity index (χ1v) is 5.94. The summed E-state index contributed by atoms with van der Waals surface area (Å²) in [5.41, 5.74) is 2.70. The van der Waals surface area contributed by atoms with Gasteiger partial charge >= 0.3 is 0 Å². The van der Waals surface area contributed by atoms with E-state index in [1.165, 1.54) is 6.07 Å². The van der Waals surface area contributed by atoms with Crippen LogP contribution in [0.4, 0.5) is 0 Å². The van der Waals surface area contributed by atoms with Gasteiger partial charge in [-0.15, -0.1) is 6.07 Å². The van der Waals surface area contributed by atoms with Gasteiger partial charge in [0.05, 0.1) is 0 Å². The molecule has 0 unspecified atom stereocenters. The largest absolute Gasteiger partial charge is 0.468 e. The van der Waals surface area contributed by atoms with Crippen LogP contribution in [0, 0.1) is 13.0 Å². The predicted octanol–water partition coefficient (Wildman–Crippen LogP) is 2.14. The Bertz CT molecular complexity index is 637. The normalized spacial score (nSPS) is 9.95. The zero-order valence-electron chi connectivity index (χ0n) is 11.8. The Morgan fingerprint density at radius 2 is 2.05 bits per heavy atom. The van der Waals surface area contributed by atoms with Crippen molar-refractivity contribution < 1.29 is 42.2 Å². The van der Waals surface area contributed by atoms with E-state index in [9.17, 15) is 4.79 Å². The van der Waals surface area contributed by atoms with Crippen molar-refractivity contribution in [1.29, 1.82) is 0 Å². The SMILES string of the molecule is COCOc1ccc(-c2[c-]ccc(=O)n2C)c(C)c1.[Y]. The summed E-state index contributed by atoms with van der Waals surface area (Å²) in [7, 11) is 3.32. The van der Waals surface area contributed by atoms with Crippen LogP contribution in [0.15, 0.2) is 35.1 Å². The first kappa shape index (κ1) is 17.1. The molecule has 20 heavy (non-hydrogen) atoms. The molecule has 0 spiro atoms. The zero-order chi connectivity index (χ0) is 13.8. The minimum atomic E-state index is -0.0483. The first-order valence-electron chi connectivity index (χ1n) is 5.94. The molecule has 0 amide bonds. The molecule has 4 nitrogen and oxygen atoms in total. The van der Waals surface area contributed by atoms with Crippen molar-refractivity contribution in [2.75, 3.05) is 13.9 Å². The number of aryl methyl sites for hydroxylation is 1. The fraction of sp³-hybridized carbons (Fsp3) is 0.267. The topological polar surface area (TPSA) is 40.5 Å². The molecule has 0 N–H and O–H groups in total.